The quantitative estimate of drug-likeness (QED) is 0.403. The zero-order valence-electron chi connectivity index (χ0n) is 22.0. The van der Waals surface area contributed by atoms with E-state index in [0.29, 0.717) is 30.9 Å². The van der Waals surface area contributed by atoms with Gasteiger partial charge in [-0.1, -0.05) is 54.6 Å². The lowest BCUT2D eigenvalue weighted by Crippen LogP contribution is -2.40. The summed E-state index contributed by atoms with van der Waals surface area (Å²) < 4.78 is 21.8. The topological polar surface area (TPSA) is 45.1 Å². The van der Waals surface area contributed by atoms with Crippen LogP contribution >= 0.6 is 11.6 Å². The van der Waals surface area contributed by atoms with E-state index in [0.717, 1.165) is 72.8 Å². The van der Waals surface area contributed by atoms with Gasteiger partial charge in [0.15, 0.2) is 0 Å². The van der Waals surface area contributed by atoms with Crippen LogP contribution in [0.3, 0.4) is 0 Å². The molecule has 0 aliphatic carbocycles. The van der Waals surface area contributed by atoms with Crippen molar-refractivity contribution in [2.75, 3.05) is 32.8 Å². The smallest absolute Gasteiger partial charge is 0.138 e. The van der Waals surface area contributed by atoms with Crippen LogP contribution in [-0.4, -0.2) is 54.1 Å². The standard InChI is InChI=1S/C31H38ClFN2O2/c1-4-25-26(27-8-6-18-34-28(27)22-37-29(25)10-5-15-30(2,3)36)9-7-19-35-20-16-31(33,17-21-35)23-11-13-24(32)14-12-23/h4-5,8-14,36H,1,6-7,15-22H2,2-3H3/b10-5-,26-9-. The molecule has 0 bridgehead atoms. The number of alkyl halides is 1. The first-order chi connectivity index (χ1) is 17.7. The lowest BCUT2D eigenvalue weighted by Gasteiger charge is -2.36. The highest BCUT2D eigenvalue weighted by molar-refractivity contribution is 6.30. The molecule has 0 unspecified atom stereocenters. The van der Waals surface area contributed by atoms with Crippen molar-refractivity contribution in [2.24, 2.45) is 4.99 Å². The Morgan fingerprint density at radius 2 is 1.97 bits per heavy atom. The van der Waals surface area contributed by atoms with E-state index < -0.39 is 11.3 Å². The van der Waals surface area contributed by atoms with Gasteiger partial charge in [-0.05, 0) is 75.3 Å². The molecule has 4 nitrogen and oxygen atoms in total. The first-order valence-electron chi connectivity index (χ1n) is 13.2. The fourth-order valence-electron chi connectivity index (χ4n) is 5.08. The number of halogens is 2. The SMILES string of the molecule is C=CC1=C(/C=C\CC(C)(C)O)OCC2=NCCC=C2/C1=C\CCN1CCC(F)(c2ccc(Cl)cc2)CC1. The molecule has 3 aliphatic heterocycles. The molecule has 0 spiro atoms. The van der Waals surface area contributed by atoms with Gasteiger partial charge in [-0.15, -0.1) is 0 Å². The first kappa shape index (κ1) is 27.6. The molecule has 198 valence electrons. The van der Waals surface area contributed by atoms with Crippen LogP contribution in [0.2, 0.25) is 5.02 Å². The van der Waals surface area contributed by atoms with Crippen LogP contribution < -0.4 is 0 Å². The van der Waals surface area contributed by atoms with E-state index in [1.54, 1.807) is 26.0 Å². The van der Waals surface area contributed by atoms with Gasteiger partial charge in [-0.2, -0.15) is 0 Å². The van der Waals surface area contributed by atoms with Crippen LogP contribution in [0.5, 0.6) is 0 Å². The largest absolute Gasteiger partial charge is 0.487 e. The number of aliphatic hydroxyl groups is 1. The summed E-state index contributed by atoms with van der Waals surface area (Å²) in [5, 5.41) is 10.7. The molecule has 4 rings (SSSR count). The minimum Gasteiger partial charge on any atom is -0.487 e. The number of likely N-dealkylation sites (tertiary alicyclic amines) is 1. The minimum atomic E-state index is -1.29. The van der Waals surface area contributed by atoms with Crippen LogP contribution in [0.25, 0.3) is 0 Å². The number of aliphatic imine (C=N–C) groups is 1. The third-order valence-corrected chi connectivity index (χ3v) is 7.45. The highest BCUT2D eigenvalue weighted by Gasteiger charge is 2.36. The fourth-order valence-corrected chi connectivity index (χ4v) is 5.21. The lowest BCUT2D eigenvalue weighted by molar-refractivity contribution is 0.0568. The molecule has 1 fully saturated rings. The van der Waals surface area contributed by atoms with Gasteiger partial charge in [0.1, 0.15) is 18.0 Å². The number of benzene rings is 1. The van der Waals surface area contributed by atoms with Crippen molar-refractivity contribution in [2.45, 2.75) is 57.2 Å². The van der Waals surface area contributed by atoms with Crippen molar-refractivity contribution < 1.29 is 14.2 Å². The lowest BCUT2D eigenvalue weighted by atomic mass is 9.86. The summed E-state index contributed by atoms with van der Waals surface area (Å²) in [5.41, 5.74) is 2.76. The number of hydrogen-bond donors (Lipinski definition) is 1. The van der Waals surface area contributed by atoms with Crippen LogP contribution in [-0.2, 0) is 10.4 Å². The maximum absolute atomic E-state index is 15.6. The van der Waals surface area contributed by atoms with Gasteiger partial charge >= 0.3 is 0 Å². The molecule has 0 aromatic heterocycles. The first-order valence-corrected chi connectivity index (χ1v) is 13.6. The van der Waals surface area contributed by atoms with E-state index in [9.17, 15) is 5.11 Å². The molecule has 1 aromatic rings. The van der Waals surface area contributed by atoms with Crippen molar-refractivity contribution in [1.82, 2.24) is 4.90 Å². The summed E-state index contributed by atoms with van der Waals surface area (Å²) >= 11 is 5.99. The molecule has 1 N–H and O–H groups in total. The number of allylic oxidation sites excluding steroid dienone is 4. The highest BCUT2D eigenvalue weighted by atomic mass is 35.5. The average molecular weight is 525 g/mol. The summed E-state index contributed by atoms with van der Waals surface area (Å²) in [6.07, 6.45) is 13.4. The number of piperidine rings is 1. The molecule has 1 saturated heterocycles. The Hall–Kier alpha value is -2.47. The van der Waals surface area contributed by atoms with Crippen molar-refractivity contribution in [3.63, 3.8) is 0 Å². The third kappa shape index (κ3) is 7.10. The van der Waals surface area contributed by atoms with Crippen LogP contribution in [0.4, 0.5) is 4.39 Å². The molecule has 0 amide bonds. The highest BCUT2D eigenvalue weighted by Crippen LogP contribution is 2.38. The molecule has 6 heteroatoms. The van der Waals surface area contributed by atoms with Gasteiger partial charge in [0, 0.05) is 42.3 Å². The molecule has 1 aromatic carbocycles. The minimum absolute atomic E-state index is 0.415. The summed E-state index contributed by atoms with van der Waals surface area (Å²) in [4.78, 5) is 7.07. The van der Waals surface area contributed by atoms with E-state index in [2.05, 4.69) is 23.6 Å². The molecule has 3 aliphatic rings. The number of fused-ring (bicyclic) bond motifs is 1. The van der Waals surface area contributed by atoms with Crippen molar-refractivity contribution in [1.29, 1.82) is 0 Å². The molecular formula is C31H38ClFN2O2. The van der Waals surface area contributed by atoms with Crippen LogP contribution in [0, 0.1) is 0 Å². The Balaban J connectivity index is 1.47. The van der Waals surface area contributed by atoms with Gasteiger partial charge in [0.25, 0.3) is 0 Å². The van der Waals surface area contributed by atoms with E-state index in [-0.39, 0.29) is 0 Å². The van der Waals surface area contributed by atoms with Gasteiger partial charge < -0.3 is 14.7 Å². The zero-order chi connectivity index (χ0) is 26.5. The Labute approximate surface area is 225 Å². The van der Waals surface area contributed by atoms with Gasteiger partial charge in [-0.3, -0.25) is 4.99 Å². The second kappa shape index (κ2) is 11.9. The summed E-state index contributed by atoms with van der Waals surface area (Å²) in [6.45, 7) is 11.1. The summed E-state index contributed by atoms with van der Waals surface area (Å²) in [6, 6.07) is 7.15. The monoisotopic (exact) mass is 524 g/mol. The number of nitrogens with zero attached hydrogens (tertiary/aromatic N) is 2. The van der Waals surface area contributed by atoms with Gasteiger partial charge in [0.2, 0.25) is 0 Å². The van der Waals surface area contributed by atoms with Crippen LogP contribution in [0.15, 0.2) is 88.7 Å². The average Bonchev–Trinajstić information content (AvgIpc) is 3.01. The Bertz CT molecular complexity index is 1130. The van der Waals surface area contributed by atoms with E-state index >= 15 is 4.39 Å². The maximum Gasteiger partial charge on any atom is 0.138 e. The van der Waals surface area contributed by atoms with E-state index in [1.165, 1.54) is 0 Å². The molecule has 0 saturated carbocycles. The number of dihydropyridines is 1. The Kier molecular flexibility index (Phi) is 8.89. The Morgan fingerprint density at radius 1 is 1.24 bits per heavy atom. The van der Waals surface area contributed by atoms with Crippen molar-refractivity contribution in [3.8, 4) is 0 Å². The summed E-state index contributed by atoms with van der Waals surface area (Å²) in [5.74, 6) is 0.742. The molecule has 3 heterocycles. The predicted octanol–water partition coefficient (Wildman–Crippen LogP) is 6.88. The number of ether oxygens (including phenoxy) is 1. The van der Waals surface area contributed by atoms with E-state index in [4.69, 9.17) is 21.3 Å². The fraction of sp³-hybridized carbons (Fsp3) is 0.452. The van der Waals surface area contributed by atoms with Crippen molar-refractivity contribution >= 4 is 17.3 Å². The predicted molar refractivity (Wildman–Crippen MR) is 151 cm³/mol. The normalized spacial score (nSPS) is 21.8. The Morgan fingerprint density at radius 3 is 2.65 bits per heavy atom. The third-order valence-electron chi connectivity index (χ3n) is 7.20. The second-order valence-corrected chi connectivity index (χ2v) is 11.1. The summed E-state index contributed by atoms with van der Waals surface area (Å²) in [7, 11) is 0. The molecular weight excluding hydrogens is 487 g/mol. The molecule has 37 heavy (non-hydrogen) atoms. The van der Waals surface area contributed by atoms with Gasteiger partial charge in [-0.25, -0.2) is 4.39 Å². The second-order valence-electron chi connectivity index (χ2n) is 10.6. The number of hydrogen-bond acceptors (Lipinski definition) is 4. The van der Waals surface area contributed by atoms with Gasteiger partial charge in [0.05, 0.1) is 11.3 Å². The van der Waals surface area contributed by atoms with Crippen molar-refractivity contribution in [3.05, 3.63) is 94.3 Å². The maximum atomic E-state index is 15.6. The number of rotatable bonds is 8. The molecule has 0 atom stereocenters. The van der Waals surface area contributed by atoms with Crippen LogP contribution in [0.1, 0.15) is 51.5 Å². The molecule has 0 radical (unpaired) electrons. The van der Waals surface area contributed by atoms with E-state index in [1.807, 2.05) is 30.4 Å². The zero-order valence-corrected chi connectivity index (χ0v) is 22.7.